The third-order valence-electron chi connectivity index (χ3n) is 2.98. The number of hydrogen-bond acceptors (Lipinski definition) is 5. The van der Waals surface area contributed by atoms with Gasteiger partial charge in [0.05, 0.1) is 11.3 Å². The van der Waals surface area contributed by atoms with E-state index in [0.717, 1.165) is 0 Å². The number of hydrogen-bond donors (Lipinski definition) is 1. The van der Waals surface area contributed by atoms with Gasteiger partial charge in [0, 0.05) is 24.4 Å². The van der Waals surface area contributed by atoms with E-state index in [1.54, 1.807) is 6.92 Å². The number of nitro benzene ring substituents is 1. The first-order valence-electron chi connectivity index (χ1n) is 5.88. The molecule has 1 saturated heterocycles. The largest absolute Gasteiger partial charge is 0.373 e. The Kier molecular flexibility index (Phi) is 3.46. The van der Waals surface area contributed by atoms with Crippen molar-refractivity contribution in [3.05, 3.63) is 34.4 Å². The standard InChI is InChI=1S/C12H13N3O4/c1-2-14-11(16)7-10(12(14)17)13-8-3-5-9(6-4-8)15(18)19/h3-6,10,13H,2,7H2,1H3. The van der Waals surface area contributed by atoms with E-state index in [1.165, 1.54) is 29.2 Å². The number of likely N-dealkylation sites (N-methyl/N-ethyl adjacent to an activating group) is 1. The van der Waals surface area contributed by atoms with Gasteiger partial charge in [0.1, 0.15) is 6.04 Å². The number of likely N-dealkylation sites (tertiary alicyclic amines) is 1. The lowest BCUT2D eigenvalue weighted by Crippen LogP contribution is -2.34. The highest BCUT2D eigenvalue weighted by atomic mass is 16.6. The van der Waals surface area contributed by atoms with Crippen LogP contribution in [-0.4, -0.2) is 34.2 Å². The Morgan fingerprint density at radius 2 is 2.00 bits per heavy atom. The van der Waals surface area contributed by atoms with Crippen LogP contribution in [0.5, 0.6) is 0 Å². The maximum atomic E-state index is 11.9. The van der Waals surface area contributed by atoms with Crippen LogP contribution in [0.2, 0.25) is 0 Å². The first kappa shape index (κ1) is 13.0. The van der Waals surface area contributed by atoms with Crippen LogP contribution in [0.3, 0.4) is 0 Å². The van der Waals surface area contributed by atoms with E-state index in [4.69, 9.17) is 0 Å². The maximum Gasteiger partial charge on any atom is 0.269 e. The SMILES string of the molecule is CCN1C(=O)CC(Nc2ccc([N+](=O)[O-])cc2)C1=O. The minimum Gasteiger partial charge on any atom is -0.373 e. The second-order valence-electron chi connectivity index (χ2n) is 4.18. The van der Waals surface area contributed by atoms with E-state index in [-0.39, 0.29) is 23.9 Å². The third-order valence-corrected chi connectivity index (χ3v) is 2.98. The van der Waals surface area contributed by atoms with Crippen molar-refractivity contribution < 1.29 is 14.5 Å². The summed E-state index contributed by atoms with van der Waals surface area (Å²) in [6.45, 7) is 2.10. The number of carbonyl (C=O) groups is 2. The summed E-state index contributed by atoms with van der Waals surface area (Å²) in [4.78, 5) is 34.6. The normalized spacial score (nSPS) is 18.8. The fourth-order valence-corrected chi connectivity index (χ4v) is 2.01. The molecule has 19 heavy (non-hydrogen) atoms. The van der Waals surface area contributed by atoms with Crippen LogP contribution in [0.15, 0.2) is 24.3 Å². The molecule has 1 aliphatic heterocycles. The predicted molar refractivity (Wildman–Crippen MR) is 67.5 cm³/mol. The molecule has 7 heteroatoms. The average Bonchev–Trinajstić information content (AvgIpc) is 2.64. The first-order chi connectivity index (χ1) is 9.02. The number of anilines is 1. The van der Waals surface area contributed by atoms with Crippen LogP contribution in [0.25, 0.3) is 0 Å². The van der Waals surface area contributed by atoms with E-state index >= 15 is 0 Å². The highest BCUT2D eigenvalue weighted by Gasteiger charge is 2.37. The molecular weight excluding hydrogens is 250 g/mol. The number of benzene rings is 1. The van der Waals surface area contributed by atoms with E-state index < -0.39 is 11.0 Å². The molecule has 0 spiro atoms. The summed E-state index contributed by atoms with van der Waals surface area (Å²) in [6.07, 6.45) is 0.115. The van der Waals surface area contributed by atoms with E-state index in [9.17, 15) is 19.7 Å². The molecule has 1 fully saturated rings. The Hall–Kier alpha value is -2.44. The van der Waals surface area contributed by atoms with Crippen molar-refractivity contribution in [3.8, 4) is 0 Å². The van der Waals surface area contributed by atoms with Gasteiger partial charge in [0.25, 0.3) is 11.6 Å². The van der Waals surface area contributed by atoms with Crippen LogP contribution in [0.4, 0.5) is 11.4 Å². The quantitative estimate of drug-likeness (QED) is 0.499. The number of rotatable bonds is 4. The van der Waals surface area contributed by atoms with Crippen LogP contribution in [-0.2, 0) is 9.59 Å². The number of imide groups is 1. The first-order valence-corrected chi connectivity index (χ1v) is 5.88. The Morgan fingerprint density at radius 1 is 1.37 bits per heavy atom. The Morgan fingerprint density at radius 3 is 2.47 bits per heavy atom. The highest BCUT2D eigenvalue weighted by molar-refractivity contribution is 6.06. The zero-order valence-electron chi connectivity index (χ0n) is 10.3. The van der Waals surface area contributed by atoms with Gasteiger partial charge in [-0.25, -0.2) is 0 Å². The topological polar surface area (TPSA) is 92.6 Å². The molecule has 0 radical (unpaired) electrons. The molecule has 1 heterocycles. The Labute approximate surface area is 109 Å². The number of nitrogens with zero attached hydrogens (tertiary/aromatic N) is 2. The molecule has 0 aliphatic carbocycles. The molecule has 1 N–H and O–H groups in total. The van der Waals surface area contributed by atoms with E-state index in [2.05, 4.69) is 5.32 Å². The van der Waals surface area contributed by atoms with Gasteiger partial charge in [-0.2, -0.15) is 0 Å². The van der Waals surface area contributed by atoms with Gasteiger partial charge in [-0.1, -0.05) is 0 Å². The molecule has 1 aromatic carbocycles. The molecule has 100 valence electrons. The molecule has 7 nitrogen and oxygen atoms in total. The number of carbonyl (C=O) groups excluding carboxylic acids is 2. The average molecular weight is 263 g/mol. The fraction of sp³-hybridized carbons (Fsp3) is 0.333. The lowest BCUT2D eigenvalue weighted by Gasteiger charge is -2.13. The second-order valence-corrected chi connectivity index (χ2v) is 4.18. The summed E-state index contributed by atoms with van der Waals surface area (Å²) in [5.74, 6) is -0.460. The van der Waals surface area contributed by atoms with Gasteiger partial charge in [-0.05, 0) is 19.1 Å². The van der Waals surface area contributed by atoms with Crippen molar-refractivity contribution in [1.29, 1.82) is 0 Å². The highest BCUT2D eigenvalue weighted by Crippen LogP contribution is 2.20. The Bertz CT molecular complexity index is 526. The zero-order valence-corrected chi connectivity index (χ0v) is 10.3. The molecule has 1 atom stereocenters. The molecule has 1 aliphatic rings. The van der Waals surface area contributed by atoms with Crippen LogP contribution < -0.4 is 5.32 Å². The van der Waals surface area contributed by atoms with Crippen molar-refractivity contribution in [1.82, 2.24) is 4.90 Å². The van der Waals surface area contributed by atoms with Crippen LogP contribution >= 0.6 is 0 Å². The summed E-state index contributed by atoms with van der Waals surface area (Å²) in [6, 6.07) is 5.14. The summed E-state index contributed by atoms with van der Waals surface area (Å²) in [5, 5.41) is 13.4. The molecule has 1 aromatic rings. The summed E-state index contributed by atoms with van der Waals surface area (Å²) >= 11 is 0. The van der Waals surface area contributed by atoms with E-state index in [1.807, 2.05) is 0 Å². The maximum absolute atomic E-state index is 11.9. The molecule has 2 amide bonds. The second kappa shape index (κ2) is 5.05. The monoisotopic (exact) mass is 263 g/mol. The third kappa shape index (κ3) is 2.54. The minimum absolute atomic E-state index is 0.0189. The van der Waals surface area contributed by atoms with Gasteiger partial charge >= 0.3 is 0 Å². The van der Waals surface area contributed by atoms with E-state index in [0.29, 0.717) is 12.2 Å². The molecule has 0 bridgehead atoms. The summed E-state index contributed by atoms with van der Waals surface area (Å²) < 4.78 is 0. The van der Waals surface area contributed by atoms with Gasteiger partial charge < -0.3 is 5.32 Å². The molecule has 1 unspecified atom stereocenters. The van der Waals surface area contributed by atoms with Crippen LogP contribution in [0.1, 0.15) is 13.3 Å². The van der Waals surface area contributed by atoms with Crippen molar-refractivity contribution in [2.75, 3.05) is 11.9 Å². The molecule has 2 rings (SSSR count). The van der Waals surface area contributed by atoms with Crippen molar-refractivity contribution >= 4 is 23.2 Å². The predicted octanol–water partition coefficient (Wildman–Crippen LogP) is 1.15. The fourth-order valence-electron chi connectivity index (χ4n) is 2.01. The number of nitro groups is 1. The summed E-state index contributed by atoms with van der Waals surface area (Å²) in [7, 11) is 0. The lowest BCUT2D eigenvalue weighted by atomic mass is 10.2. The molecular formula is C12H13N3O4. The smallest absolute Gasteiger partial charge is 0.269 e. The molecule has 0 saturated carbocycles. The Balaban J connectivity index is 2.08. The van der Waals surface area contributed by atoms with Gasteiger partial charge in [-0.3, -0.25) is 24.6 Å². The number of non-ortho nitro benzene ring substituents is 1. The van der Waals surface area contributed by atoms with Crippen molar-refractivity contribution in [2.45, 2.75) is 19.4 Å². The lowest BCUT2D eigenvalue weighted by molar-refractivity contribution is -0.384. The number of nitrogens with one attached hydrogen (secondary N) is 1. The zero-order chi connectivity index (χ0) is 14.0. The van der Waals surface area contributed by atoms with Crippen molar-refractivity contribution in [3.63, 3.8) is 0 Å². The molecule has 0 aromatic heterocycles. The minimum atomic E-state index is -0.589. The van der Waals surface area contributed by atoms with Gasteiger partial charge in [-0.15, -0.1) is 0 Å². The number of amides is 2. The van der Waals surface area contributed by atoms with Crippen molar-refractivity contribution in [2.24, 2.45) is 0 Å². The van der Waals surface area contributed by atoms with Gasteiger partial charge in [0.2, 0.25) is 5.91 Å². The summed E-state index contributed by atoms with van der Waals surface area (Å²) in [5.41, 5.74) is 0.560. The van der Waals surface area contributed by atoms with Gasteiger partial charge in [0.15, 0.2) is 0 Å². The van der Waals surface area contributed by atoms with Crippen LogP contribution in [0, 0.1) is 10.1 Å².